The lowest BCUT2D eigenvalue weighted by Gasteiger charge is -2.16. The van der Waals surface area contributed by atoms with Gasteiger partial charge < -0.3 is 30.0 Å². The smallest absolute Gasteiger partial charge is 0.191 e. The van der Waals surface area contributed by atoms with E-state index in [0.29, 0.717) is 35.5 Å². The lowest BCUT2D eigenvalue weighted by Crippen LogP contribution is -2.38. The predicted octanol–water partition coefficient (Wildman–Crippen LogP) is 2.35. The van der Waals surface area contributed by atoms with Gasteiger partial charge >= 0.3 is 0 Å². The summed E-state index contributed by atoms with van der Waals surface area (Å²) in [5.41, 5.74) is 0.651. The second kappa shape index (κ2) is 13.2. The highest BCUT2D eigenvalue weighted by atomic mass is 16.5. The lowest BCUT2D eigenvalue weighted by molar-refractivity contribution is 0.108. The minimum absolute atomic E-state index is 0.211. The number of aliphatic imine (C=N–C) groups is 1. The molecule has 3 N–H and O–H groups in total. The lowest BCUT2D eigenvalue weighted by atomic mass is 10.1. The van der Waals surface area contributed by atoms with Gasteiger partial charge in [-0.15, -0.1) is 0 Å². The van der Waals surface area contributed by atoms with E-state index in [1.165, 1.54) is 0 Å². The fraction of sp³-hybridized carbons (Fsp3) is 0.650. The molecule has 7 nitrogen and oxygen atoms in total. The van der Waals surface area contributed by atoms with E-state index in [1.54, 1.807) is 32.4 Å². The Morgan fingerprint density at radius 1 is 1.19 bits per heavy atom. The van der Waals surface area contributed by atoms with Gasteiger partial charge in [0.1, 0.15) is 17.6 Å². The number of benzene rings is 1. The minimum atomic E-state index is -0.792. The van der Waals surface area contributed by atoms with E-state index in [4.69, 9.17) is 14.2 Å². The van der Waals surface area contributed by atoms with E-state index in [9.17, 15) is 5.11 Å². The third-order valence-corrected chi connectivity index (χ3v) is 3.77. The second-order valence-corrected chi connectivity index (χ2v) is 6.59. The van der Waals surface area contributed by atoms with Gasteiger partial charge in [-0.05, 0) is 37.5 Å². The molecule has 1 atom stereocenters. The van der Waals surface area contributed by atoms with Crippen LogP contribution in [0.5, 0.6) is 11.5 Å². The summed E-state index contributed by atoms with van der Waals surface area (Å²) in [4.78, 5) is 4.47. The van der Waals surface area contributed by atoms with E-state index >= 15 is 0 Å². The van der Waals surface area contributed by atoms with Gasteiger partial charge in [0.25, 0.3) is 0 Å². The Hall–Kier alpha value is -1.99. The Kier molecular flexibility index (Phi) is 11.3. The van der Waals surface area contributed by atoms with Gasteiger partial charge in [0.2, 0.25) is 0 Å². The SMILES string of the molecule is CCNC(=NCC(O)c1cc(OC)ccc1OC)NCCCOCC(C)C. The summed E-state index contributed by atoms with van der Waals surface area (Å²) >= 11 is 0. The van der Waals surface area contributed by atoms with Gasteiger partial charge in [-0.1, -0.05) is 13.8 Å². The Morgan fingerprint density at radius 2 is 1.96 bits per heavy atom. The highest BCUT2D eigenvalue weighted by Crippen LogP contribution is 2.29. The Balaban J connectivity index is 2.58. The number of guanidine groups is 1. The summed E-state index contributed by atoms with van der Waals surface area (Å²) in [5.74, 6) is 2.49. The van der Waals surface area contributed by atoms with Crippen molar-refractivity contribution >= 4 is 5.96 Å². The van der Waals surface area contributed by atoms with Crippen molar-refractivity contribution in [1.29, 1.82) is 0 Å². The van der Waals surface area contributed by atoms with Gasteiger partial charge in [-0.2, -0.15) is 0 Å². The Bertz CT molecular complexity index is 564. The van der Waals surface area contributed by atoms with Gasteiger partial charge in [-0.25, -0.2) is 0 Å². The highest BCUT2D eigenvalue weighted by molar-refractivity contribution is 5.79. The molecule has 0 aliphatic rings. The molecule has 0 saturated carbocycles. The zero-order valence-electron chi connectivity index (χ0n) is 17.2. The average molecular weight is 382 g/mol. The summed E-state index contributed by atoms with van der Waals surface area (Å²) in [6.07, 6.45) is 0.100. The molecule has 1 rings (SSSR count). The van der Waals surface area contributed by atoms with Crippen molar-refractivity contribution < 1.29 is 19.3 Å². The van der Waals surface area contributed by atoms with Crippen molar-refractivity contribution in [1.82, 2.24) is 10.6 Å². The summed E-state index contributed by atoms with van der Waals surface area (Å²) in [6, 6.07) is 5.35. The number of rotatable bonds is 12. The van der Waals surface area contributed by atoms with Crippen LogP contribution in [0, 0.1) is 5.92 Å². The molecule has 1 unspecified atom stereocenters. The molecular formula is C20H35N3O4. The van der Waals surface area contributed by atoms with Crippen LogP contribution in [0.25, 0.3) is 0 Å². The van der Waals surface area contributed by atoms with Gasteiger partial charge in [-0.3, -0.25) is 4.99 Å². The molecule has 0 fully saturated rings. The maximum atomic E-state index is 10.5. The first-order valence-electron chi connectivity index (χ1n) is 9.51. The van der Waals surface area contributed by atoms with Crippen molar-refractivity contribution in [3.05, 3.63) is 23.8 Å². The molecule has 0 amide bonds. The summed E-state index contributed by atoms with van der Waals surface area (Å²) in [7, 11) is 3.17. The first-order valence-corrected chi connectivity index (χ1v) is 9.51. The molecule has 0 aliphatic carbocycles. The molecule has 0 aromatic heterocycles. The first-order chi connectivity index (χ1) is 13.0. The Morgan fingerprint density at radius 3 is 2.59 bits per heavy atom. The highest BCUT2D eigenvalue weighted by Gasteiger charge is 2.14. The molecule has 0 radical (unpaired) electrons. The maximum absolute atomic E-state index is 10.5. The summed E-state index contributed by atoms with van der Waals surface area (Å²) in [6.45, 7) is 9.48. The van der Waals surface area contributed by atoms with Gasteiger partial charge in [0.05, 0.1) is 20.8 Å². The zero-order chi connectivity index (χ0) is 20.1. The molecule has 0 aliphatic heterocycles. The van der Waals surface area contributed by atoms with Gasteiger partial charge in [0.15, 0.2) is 5.96 Å². The van der Waals surface area contributed by atoms with Crippen LogP contribution >= 0.6 is 0 Å². The van der Waals surface area contributed by atoms with Crippen molar-refractivity contribution in [2.75, 3.05) is 47.1 Å². The van der Waals surface area contributed by atoms with E-state index < -0.39 is 6.10 Å². The van der Waals surface area contributed by atoms with Crippen molar-refractivity contribution in [3.63, 3.8) is 0 Å². The number of nitrogens with zero attached hydrogens (tertiary/aromatic N) is 1. The van der Waals surface area contributed by atoms with Crippen molar-refractivity contribution in [2.45, 2.75) is 33.3 Å². The molecule has 154 valence electrons. The van der Waals surface area contributed by atoms with Crippen LogP contribution in [0.2, 0.25) is 0 Å². The molecule has 0 heterocycles. The number of aliphatic hydroxyl groups excluding tert-OH is 1. The van der Waals surface area contributed by atoms with Gasteiger partial charge in [0, 0.05) is 31.9 Å². The largest absolute Gasteiger partial charge is 0.497 e. The normalized spacial score (nSPS) is 12.8. The third kappa shape index (κ3) is 8.97. The number of methoxy groups -OCH3 is 2. The maximum Gasteiger partial charge on any atom is 0.191 e. The molecule has 1 aromatic carbocycles. The Labute approximate surface area is 163 Å². The number of ether oxygens (including phenoxy) is 3. The standard InChI is InChI=1S/C20H35N3O4/c1-6-21-20(22-10-7-11-27-14-15(2)3)23-13-18(24)17-12-16(25-4)8-9-19(17)26-5/h8-9,12,15,18,24H,6-7,10-11,13-14H2,1-5H3,(H2,21,22,23). The first kappa shape index (κ1) is 23.0. The fourth-order valence-electron chi connectivity index (χ4n) is 2.42. The van der Waals surface area contributed by atoms with Crippen LogP contribution < -0.4 is 20.1 Å². The van der Waals surface area contributed by atoms with Crippen LogP contribution in [-0.4, -0.2) is 58.1 Å². The quantitative estimate of drug-likeness (QED) is 0.293. The number of nitrogens with one attached hydrogen (secondary N) is 2. The molecule has 27 heavy (non-hydrogen) atoms. The number of aliphatic hydroxyl groups is 1. The molecule has 7 heteroatoms. The van der Waals surface area contributed by atoms with Crippen LogP contribution in [0.3, 0.4) is 0 Å². The van der Waals surface area contributed by atoms with Crippen LogP contribution in [0.1, 0.15) is 38.9 Å². The van der Waals surface area contributed by atoms with E-state index in [0.717, 1.165) is 26.1 Å². The van der Waals surface area contributed by atoms with Crippen LogP contribution in [-0.2, 0) is 4.74 Å². The minimum Gasteiger partial charge on any atom is -0.497 e. The summed E-state index contributed by atoms with van der Waals surface area (Å²) < 4.78 is 16.1. The number of hydrogen-bond donors (Lipinski definition) is 3. The topological polar surface area (TPSA) is 84.3 Å². The zero-order valence-corrected chi connectivity index (χ0v) is 17.2. The monoisotopic (exact) mass is 381 g/mol. The summed E-state index contributed by atoms with van der Waals surface area (Å²) in [5, 5.41) is 17.0. The average Bonchev–Trinajstić information content (AvgIpc) is 2.67. The van der Waals surface area contributed by atoms with E-state index in [1.807, 2.05) is 6.92 Å². The van der Waals surface area contributed by atoms with Crippen molar-refractivity contribution in [3.8, 4) is 11.5 Å². The van der Waals surface area contributed by atoms with Crippen molar-refractivity contribution in [2.24, 2.45) is 10.9 Å². The second-order valence-electron chi connectivity index (χ2n) is 6.59. The van der Waals surface area contributed by atoms with E-state index in [-0.39, 0.29) is 6.54 Å². The number of hydrogen-bond acceptors (Lipinski definition) is 5. The van der Waals surface area contributed by atoms with Crippen LogP contribution in [0.4, 0.5) is 0 Å². The molecule has 0 bridgehead atoms. The molecule has 0 spiro atoms. The predicted molar refractivity (Wildman–Crippen MR) is 109 cm³/mol. The fourth-order valence-corrected chi connectivity index (χ4v) is 2.42. The molecular weight excluding hydrogens is 346 g/mol. The third-order valence-electron chi connectivity index (χ3n) is 3.77. The van der Waals surface area contributed by atoms with E-state index in [2.05, 4.69) is 29.5 Å². The molecule has 0 saturated heterocycles. The molecule has 1 aromatic rings. The van der Waals surface area contributed by atoms with Crippen LogP contribution in [0.15, 0.2) is 23.2 Å².